The number of benzene rings is 2. The number of rotatable bonds is 5. The number of nitro benzene ring substituents is 1. The molecule has 2 aromatic heterocycles. The Morgan fingerprint density at radius 2 is 1.88 bits per heavy atom. The molecule has 1 aliphatic heterocycles. The molecule has 1 amide bonds. The van der Waals surface area contributed by atoms with Crippen LogP contribution in [0.3, 0.4) is 0 Å². The molecule has 32 heavy (non-hydrogen) atoms. The van der Waals surface area contributed by atoms with Crippen molar-refractivity contribution in [2.75, 3.05) is 23.3 Å². The van der Waals surface area contributed by atoms with Crippen molar-refractivity contribution >= 4 is 39.3 Å². The van der Waals surface area contributed by atoms with E-state index in [4.69, 9.17) is 0 Å². The van der Waals surface area contributed by atoms with Gasteiger partial charge in [0.15, 0.2) is 0 Å². The number of carbonyl (C=O) groups excluding carboxylic acids is 1. The summed E-state index contributed by atoms with van der Waals surface area (Å²) in [7, 11) is 0. The van der Waals surface area contributed by atoms with E-state index in [2.05, 4.69) is 20.6 Å². The van der Waals surface area contributed by atoms with Crippen molar-refractivity contribution in [3.63, 3.8) is 0 Å². The highest BCUT2D eigenvalue weighted by atomic mass is 32.1. The Balaban J connectivity index is 1.33. The van der Waals surface area contributed by atoms with Crippen molar-refractivity contribution in [2.45, 2.75) is 19.3 Å². The molecule has 0 unspecified atom stereocenters. The first-order valence-electron chi connectivity index (χ1n) is 10.2. The Kier molecular flexibility index (Phi) is 5.23. The minimum Gasteiger partial charge on any atom is -0.366 e. The summed E-state index contributed by atoms with van der Waals surface area (Å²) in [5.74, 6) is -0.398. The van der Waals surface area contributed by atoms with Crippen LogP contribution in [-0.4, -0.2) is 43.7 Å². The third-order valence-electron chi connectivity index (χ3n) is 5.41. The van der Waals surface area contributed by atoms with Gasteiger partial charge in [0.25, 0.3) is 11.6 Å². The molecule has 0 aliphatic carbocycles. The zero-order valence-corrected chi connectivity index (χ0v) is 17.8. The van der Waals surface area contributed by atoms with Gasteiger partial charge in [-0.25, -0.2) is 0 Å². The topological polar surface area (TPSA) is 119 Å². The quantitative estimate of drug-likeness (QED) is 0.361. The number of amides is 1. The maximum Gasteiger partial charge on any atom is 0.293 e. The highest BCUT2D eigenvalue weighted by Gasteiger charge is 2.23. The largest absolute Gasteiger partial charge is 0.366 e. The molecule has 0 bridgehead atoms. The highest BCUT2D eigenvalue weighted by molar-refractivity contribution is 7.19. The summed E-state index contributed by atoms with van der Waals surface area (Å²) in [6, 6.07) is 11.9. The lowest BCUT2D eigenvalue weighted by Crippen LogP contribution is -2.30. The molecule has 1 N–H and O–H groups in total. The molecule has 1 aliphatic rings. The molecule has 4 aromatic rings. The fraction of sp³-hybridized carbons (Fsp3) is 0.238. The minimum absolute atomic E-state index is 0.0434. The summed E-state index contributed by atoms with van der Waals surface area (Å²) in [5, 5.41) is 27.4. The zero-order valence-electron chi connectivity index (χ0n) is 17.0. The summed E-state index contributed by atoms with van der Waals surface area (Å²) in [6.45, 7) is 1.58. The van der Waals surface area contributed by atoms with Gasteiger partial charge in [0.2, 0.25) is 4.96 Å². The SMILES string of the molecule is O=C(Nc1ccc(-c2nn3cnnc3s2)cc1)c1ccc(N2CCCCC2)c([N+](=O)[O-])c1. The Morgan fingerprint density at radius 3 is 2.59 bits per heavy atom. The van der Waals surface area contributed by atoms with E-state index in [9.17, 15) is 14.9 Å². The van der Waals surface area contributed by atoms with Crippen LogP contribution in [0.4, 0.5) is 17.1 Å². The first kappa shape index (κ1) is 20.1. The fourth-order valence-electron chi connectivity index (χ4n) is 3.79. The van der Waals surface area contributed by atoms with Gasteiger partial charge in [0.1, 0.15) is 17.0 Å². The van der Waals surface area contributed by atoms with Crippen LogP contribution >= 0.6 is 11.3 Å². The van der Waals surface area contributed by atoms with Crippen LogP contribution in [0.5, 0.6) is 0 Å². The van der Waals surface area contributed by atoms with E-state index in [1.807, 2.05) is 17.0 Å². The second-order valence-electron chi connectivity index (χ2n) is 7.51. The van der Waals surface area contributed by atoms with Crippen molar-refractivity contribution in [3.05, 3.63) is 64.5 Å². The van der Waals surface area contributed by atoms with Crippen LogP contribution < -0.4 is 10.2 Å². The standard InChI is InChI=1S/C21H19N7O3S/c29-19(15-6-9-17(18(12-15)28(30)31)26-10-2-1-3-11-26)23-16-7-4-14(5-8-16)20-25-27-13-22-24-21(27)32-20/h4-9,12-13H,1-3,10-11H2,(H,23,29). The first-order chi connectivity index (χ1) is 15.6. The van der Waals surface area contributed by atoms with Crippen LogP contribution in [0.2, 0.25) is 0 Å². The summed E-state index contributed by atoms with van der Waals surface area (Å²) in [5.41, 5.74) is 2.25. The molecule has 162 valence electrons. The van der Waals surface area contributed by atoms with Crippen molar-refractivity contribution in [3.8, 4) is 10.6 Å². The first-order valence-corrected chi connectivity index (χ1v) is 11.0. The molecule has 1 saturated heterocycles. The molecule has 1 fully saturated rings. The number of fused-ring (bicyclic) bond motifs is 1. The molecular weight excluding hydrogens is 430 g/mol. The minimum atomic E-state index is -0.421. The summed E-state index contributed by atoms with van der Waals surface area (Å²) in [4.78, 5) is 26.7. The molecule has 2 aromatic carbocycles. The number of hydrogen-bond acceptors (Lipinski definition) is 8. The van der Waals surface area contributed by atoms with Gasteiger partial charge in [-0.05, 0) is 55.7 Å². The Hall–Kier alpha value is -3.86. The van der Waals surface area contributed by atoms with Gasteiger partial charge in [-0.15, -0.1) is 10.2 Å². The second kappa shape index (κ2) is 8.35. The molecular formula is C21H19N7O3S. The summed E-state index contributed by atoms with van der Waals surface area (Å²) < 4.78 is 1.61. The third-order valence-corrected chi connectivity index (χ3v) is 6.37. The van der Waals surface area contributed by atoms with Crippen LogP contribution in [0.15, 0.2) is 48.8 Å². The average molecular weight is 449 g/mol. The van der Waals surface area contributed by atoms with E-state index in [-0.39, 0.29) is 11.3 Å². The highest BCUT2D eigenvalue weighted by Crippen LogP contribution is 2.32. The molecule has 0 atom stereocenters. The van der Waals surface area contributed by atoms with Gasteiger partial charge >= 0.3 is 0 Å². The van der Waals surface area contributed by atoms with E-state index < -0.39 is 10.8 Å². The predicted octanol–water partition coefficient (Wildman–Crippen LogP) is 4.00. The third kappa shape index (κ3) is 3.89. The number of aromatic nitrogens is 4. The van der Waals surface area contributed by atoms with E-state index in [0.717, 1.165) is 42.9 Å². The van der Waals surface area contributed by atoms with Crippen LogP contribution in [0.25, 0.3) is 15.5 Å². The van der Waals surface area contributed by atoms with Gasteiger partial charge < -0.3 is 10.2 Å². The maximum atomic E-state index is 12.7. The Bertz CT molecular complexity index is 1260. The van der Waals surface area contributed by atoms with Gasteiger partial charge in [0, 0.05) is 36.0 Å². The van der Waals surface area contributed by atoms with E-state index >= 15 is 0 Å². The van der Waals surface area contributed by atoms with E-state index in [0.29, 0.717) is 16.3 Å². The van der Waals surface area contributed by atoms with Gasteiger partial charge in [-0.2, -0.15) is 9.61 Å². The van der Waals surface area contributed by atoms with E-state index in [1.165, 1.54) is 17.4 Å². The number of nitrogens with zero attached hydrogens (tertiary/aromatic N) is 6. The molecule has 5 rings (SSSR count). The molecule has 3 heterocycles. The van der Waals surface area contributed by atoms with Crippen LogP contribution in [-0.2, 0) is 0 Å². The second-order valence-corrected chi connectivity index (χ2v) is 8.46. The molecule has 0 spiro atoms. The number of carbonyl (C=O) groups is 1. The van der Waals surface area contributed by atoms with Crippen molar-refractivity contribution in [1.29, 1.82) is 0 Å². The normalized spacial score (nSPS) is 13.9. The zero-order chi connectivity index (χ0) is 22.1. The monoisotopic (exact) mass is 449 g/mol. The maximum absolute atomic E-state index is 12.7. The van der Waals surface area contributed by atoms with Crippen LogP contribution in [0.1, 0.15) is 29.6 Å². The number of nitro groups is 1. The number of nitrogens with one attached hydrogen (secondary N) is 1. The lowest BCUT2D eigenvalue weighted by Gasteiger charge is -2.28. The van der Waals surface area contributed by atoms with E-state index in [1.54, 1.807) is 35.1 Å². The molecule has 11 heteroatoms. The van der Waals surface area contributed by atoms with Gasteiger partial charge in [-0.3, -0.25) is 14.9 Å². The summed E-state index contributed by atoms with van der Waals surface area (Å²) in [6.07, 6.45) is 4.71. The Labute approximate surface area is 186 Å². The Morgan fingerprint density at radius 1 is 1.09 bits per heavy atom. The van der Waals surface area contributed by atoms with Crippen LogP contribution in [0, 0.1) is 10.1 Å². The summed E-state index contributed by atoms with van der Waals surface area (Å²) >= 11 is 1.41. The van der Waals surface area contributed by atoms with Crippen molar-refractivity contribution < 1.29 is 9.72 Å². The average Bonchev–Trinajstić information content (AvgIpc) is 3.42. The smallest absolute Gasteiger partial charge is 0.293 e. The van der Waals surface area contributed by atoms with Gasteiger partial charge in [-0.1, -0.05) is 11.3 Å². The number of anilines is 2. The fourth-order valence-corrected chi connectivity index (χ4v) is 4.61. The number of piperidine rings is 1. The molecule has 0 saturated carbocycles. The lowest BCUT2D eigenvalue weighted by atomic mass is 10.1. The lowest BCUT2D eigenvalue weighted by molar-refractivity contribution is -0.384. The number of hydrogen-bond donors (Lipinski definition) is 1. The van der Waals surface area contributed by atoms with Crippen molar-refractivity contribution in [1.82, 2.24) is 19.8 Å². The molecule has 0 radical (unpaired) electrons. The van der Waals surface area contributed by atoms with Crippen molar-refractivity contribution in [2.24, 2.45) is 0 Å². The van der Waals surface area contributed by atoms with Gasteiger partial charge in [0.05, 0.1) is 4.92 Å². The predicted molar refractivity (Wildman–Crippen MR) is 121 cm³/mol. The molecule has 10 nitrogen and oxygen atoms in total.